The van der Waals surface area contributed by atoms with Crippen molar-refractivity contribution >= 4 is 27.7 Å². The van der Waals surface area contributed by atoms with Crippen LogP contribution in [0.4, 0.5) is 0 Å². The highest BCUT2D eigenvalue weighted by Gasteiger charge is 2.25. The molecule has 1 aliphatic rings. The molecule has 0 saturated carbocycles. The molecule has 37 heavy (non-hydrogen) atoms. The molecule has 0 spiro atoms. The van der Waals surface area contributed by atoms with Crippen LogP contribution in [0.3, 0.4) is 0 Å². The number of carbonyl (C=O) groups is 1. The lowest BCUT2D eigenvalue weighted by molar-refractivity contribution is 0.0935. The molecule has 186 valence electrons. The van der Waals surface area contributed by atoms with E-state index in [1.165, 1.54) is 4.68 Å². The zero-order valence-corrected chi connectivity index (χ0v) is 20.8. The van der Waals surface area contributed by atoms with Gasteiger partial charge in [-0.25, -0.2) is 0 Å². The van der Waals surface area contributed by atoms with Gasteiger partial charge in [0.05, 0.1) is 11.7 Å². The average Bonchev–Trinajstić information content (AvgIpc) is 3.22. The van der Waals surface area contributed by atoms with Crippen LogP contribution in [0.15, 0.2) is 71.5 Å². The third-order valence-electron chi connectivity index (χ3n) is 6.85. The van der Waals surface area contributed by atoms with E-state index in [4.69, 9.17) is 9.47 Å². The Hall–Kier alpha value is -4.59. The Bertz CT molecular complexity index is 1730. The van der Waals surface area contributed by atoms with E-state index in [1.54, 1.807) is 0 Å². The lowest BCUT2D eigenvalue weighted by Gasteiger charge is -2.21. The minimum Gasteiger partial charge on any atom is -0.486 e. The zero-order valence-electron chi connectivity index (χ0n) is 20.8. The zero-order chi connectivity index (χ0) is 25.7. The summed E-state index contributed by atoms with van der Waals surface area (Å²) >= 11 is 0. The first kappa shape index (κ1) is 22.8. The fourth-order valence-electron chi connectivity index (χ4n) is 4.88. The van der Waals surface area contributed by atoms with Crippen LogP contribution >= 0.6 is 0 Å². The Balaban J connectivity index is 1.49. The number of nitrogens with one attached hydrogen (secondary N) is 1. The Morgan fingerprint density at radius 1 is 1.00 bits per heavy atom. The van der Waals surface area contributed by atoms with Gasteiger partial charge in [0.1, 0.15) is 18.7 Å². The fourth-order valence-corrected chi connectivity index (χ4v) is 4.88. The van der Waals surface area contributed by atoms with Crippen molar-refractivity contribution < 1.29 is 14.3 Å². The van der Waals surface area contributed by atoms with Gasteiger partial charge >= 0.3 is 0 Å². The molecule has 0 bridgehead atoms. The van der Waals surface area contributed by atoms with Crippen molar-refractivity contribution in [3.8, 4) is 17.2 Å². The molecule has 1 N–H and O–H groups in total. The molecular formula is C29H26N4O4. The maximum atomic E-state index is 13.8. The van der Waals surface area contributed by atoms with Crippen molar-refractivity contribution in [3.05, 3.63) is 93.9 Å². The number of nitrogens with zero attached hydrogens (tertiary/aromatic N) is 3. The molecule has 1 aliphatic heterocycles. The van der Waals surface area contributed by atoms with Crippen LogP contribution < -0.4 is 20.3 Å². The monoisotopic (exact) mass is 494 g/mol. The van der Waals surface area contributed by atoms with Crippen LogP contribution in [0.25, 0.3) is 27.5 Å². The molecule has 1 amide bonds. The number of ether oxygens (including phenoxy) is 2. The molecule has 0 radical (unpaired) electrons. The number of aromatic nitrogens is 3. The largest absolute Gasteiger partial charge is 0.486 e. The van der Waals surface area contributed by atoms with Crippen molar-refractivity contribution in [2.24, 2.45) is 7.05 Å². The van der Waals surface area contributed by atoms with E-state index < -0.39 is 0 Å². The minimum atomic E-state index is -0.371. The second-order valence-corrected chi connectivity index (χ2v) is 9.30. The van der Waals surface area contributed by atoms with Gasteiger partial charge in [0.15, 0.2) is 17.2 Å². The third-order valence-corrected chi connectivity index (χ3v) is 6.85. The van der Waals surface area contributed by atoms with Gasteiger partial charge in [0.25, 0.3) is 11.5 Å². The Morgan fingerprint density at radius 2 is 1.73 bits per heavy atom. The number of aryl methyl sites for hydroxylation is 2. The van der Waals surface area contributed by atoms with Crippen molar-refractivity contribution in [1.82, 2.24) is 19.7 Å². The molecule has 2 aromatic heterocycles. The highest BCUT2D eigenvalue weighted by atomic mass is 16.6. The van der Waals surface area contributed by atoms with Gasteiger partial charge in [-0.05, 0) is 49.7 Å². The number of hydrogen-bond acceptors (Lipinski definition) is 5. The predicted molar refractivity (Wildman–Crippen MR) is 142 cm³/mol. The number of para-hydroxylation sites is 1. The molecule has 3 heterocycles. The number of rotatable bonds is 4. The van der Waals surface area contributed by atoms with Crippen LogP contribution in [0.2, 0.25) is 0 Å². The normalized spacial score (nSPS) is 13.6. The summed E-state index contributed by atoms with van der Waals surface area (Å²) in [7, 11) is 1.84. The number of fused-ring (bicyclic) bond motifs is 4. The molecule has 0 aliphatic carbocycles. The molecule has 6 rings (SSSR count). The molecule has 5 aromatic rings. The summed E-state index contributed by atoms with van der Waals surface area (Å²) in [6.45, 7) is 4.88. The number of amides is 1. The van der Waals surface area contributed by atoms with Crippen molar-refractivity contribution in [1.29, 1.82) is 0 Å². The van der Waals surface area contributed by atoms with Crippen molar-refractivity contribution in [2.45, 2.75) is 19.9 Å². The highest BCUT2D eigenvalue weighted by Crippen LogP contribution is 2.33. The Labute approximate surface area is 213 Å². The van der Waals surface area contributed by atoms with Gasteiger partial charge in [0.2, 0.25) is 0 Å². The first-order valence-corrected chi connectivity index (χ1v) is 12.2. The molecule has 0 unspecified atom stereocenters. The van der Waals surface area contributed by atoms with Crippen LogP contribution in [-0.2, 0) is 7.05 Å². The molecule has 8 heteroatoms. The average molecular weight is 495 g/mol. The predicted octanol–water partition coefficient (Wildman–Crippen LogP) is 4.45. The molecule has 0 saturated heterocycles. The van der Waals surface area contributed by atoms with Gasteiger partial charge in [-0.2, -0.15) is 9.78 Å². The highest BCUT2D eigenvalue weighted by molar-refractivity contribution is 6.16. The molecule has 0 fully saturated rings. The molecule has 1 atom stereocenters. The fraction of sp³-hybridized carbons (Fsp3) is 0.207. The standard InChI is InChI=1S/C29H26N4O4/c1-17-8-11-20(12-9-17)33-29(35)27-25(21-6-4-5-7-22(21)32(27)3)26(31-33)28(34)30-18(2)19-10-13-23-24(16-19)37-15-14-36-23/h4-13,16,18H,14-15H2,1-3H3,(H,30,34)/t18-/m1/s1. The van der Waals surface area contributed by atoms with E-state index in [0.717, 1.165) is 22.0 Å². The first-order valence-electron chi connectivity index (χ1n) is 12.2. The smallest absolute Gasteiger partial charge is 0.296 e. The first-order chi connectivity index (χ1) is 17.9. The molecule has 8 nitrogen and oxygen atoms in total. The number of hydrogen-bond donors (Lipinski definition) is 1. The minimum absolute atomic E-state index is 0.191. The SMILES string of the molecule is Cc1ccc(-n2nc(C(=O)N[C@H](C)c3ccc4c(c3)OCCO4)c3c4ccccc4n(C)c3c2=O)cc1. The number of carbonyl (C=O) groups excluding carboxylic acids is 1. The van der Waals surface area contributed by atoms with Gasteiger partial charge < -0.3 is 19.4 Å². The summed E-state index contributed by atoms with van der Waals surface area (Å²) < 4.78 is 14.5. The second-order valence-electron chi connectivity index (χ2n) is 9.30. The van der Waals surface area contributed by atoms with Crippen LogP contribution in [-0.4, -0.2) is 33.5 Å². The van der Waals surface area contributed by atoms with E-state index in [-0.39, 0.29) is 23.2 Å². The van der Waals surface area contributed by atoms with Crippen LogP contribution in [0, 0.1) is 6.92 Å². The lowest BCUT2D eigenvalue weighted by atomic mass is 10.1. The summed E-state index contributed by atoms with van der Waals surface area (Å²) in [6.07, 6.45) is 0. The van der Waals surface area contributed by atoms with Crippen LogP contribution in [0.1, 0.15) is 34.6 Å². The van der Waals surface area contributed by atoms with Gasteiger partial charge in [-0.1, -0.05) is 42.0 Å². The number of benzene rings is 3. The maximum absolute atomic E-state index is 13.8. The second kappa shape index (κ2) is 8.81. The summed E-state index contributed by atoms with van der Waals surface area (Å²) in [4.78, 5) is 27.5. The van der Waals surface area contributed by atoms with Gasteiger partial charge in [-0.3, -0.25) is 9.59 Å². The Kier molecular flexibility index (Phi) is 5.44. The van der Waals surface area contributed by atoms with E-state index >= 15 is 0 Å². The van der Waals surface area contributed by atoms with Gasteiger partial charge in [-0.15, -0.1) is 0 Å². The topological polar surface area (TPSA) is 87.4 Å². The quantitative estimate of drug-likeness (QED) is 0.399. The molecule has 3 aromatic carbocycles. The summed E-state index contributed by atoms with van der Waals surface area (Å²) in [5, 5.41) is 9.03. The van der Waals surface area contributed by atoms with E-state index in [9.17, 15) is 9.59 Å². The van der Waals surface area contributed by atoms with E-state index in [2.05, 4.69) is 10.4 Å². The summed E-state index contributed by atoms with van der Waals surface area (Å²) in [5.41, 5.74) is 3.72. The third kappa shape index (κ3) is 3.81. The van der Waals surface area contributed by atoms with Crippen LogP contribution in [0.5, 0.6) is 11.5 Å². The van der Waals surface area contributed by atoms with Crippen molar-refractivity contribution in [2.75, 3.05) is 13.2 Å². The van der Waals surface area contributed by atoms with E-state index in [0.29, 0.717) is 41.3 Å². The summed E-state index contributed by atoms with van der Waals surface area (Å²) in [5.74, 6) is 0.981. The van der Waals surface area contributed by atoms with Gasteiger partial charge in [0, 0.05) is 23.3 Å². The maximum Gasteiger partial charge on any atom is 0.296 e. The molecular weight excluding hydrogens is 468 g/mol. The Morgan fingerprint density at radius 3 is 2.51 bits per heavy atom. The summed E-state index contributed by atoms with van der Waals surface area (Å²) in [6, 6.07) is 20.5. The van der Waals surface area contributed by atoms with Crippen molar-refractivity contribution in [3.63, 3.8) is 0 Å². The van der Waals surface area contributed by atoms with E-state index in [1.807, 2.05) is 92.2 Å². The lowest BCUT2D eigenvalue weighted by Crippen LogP contribution is -2.32.